The first-order chi connectivity index (χ1) is 12.0. The summed E-state index contributed by atoms with van der Waals surface area (Å²) in [5, 5.41) is 11.4. The van der Waals surface area contributed by atoms with Crippen molar-refractivity contribution in [2.24, 2.45) is 5.73 Å². The number of nitrogens with two attached hydrogens (primary N) is 1. The molecule has 0 atom stereocenters. The second-order valence-electron chi connectivity index (χ2n) is 6.07. The zero-order valence-electron chi connectivity index (χ0n) is 13.8. The largest absolute Gasteiger partial charge is 0.366 e. The van der Waals surface area contributed by atoms with Crippen LogP contribution < -0.4 is 10.6 Å². The van der Waals surface area contributed by atoms with Gasteiger partial charge in [0.25, 0.3) is 5.69 Å². The SMILES string of the molecule is NC(=O)c1ccc(N2CCN(Cc3ccccc3)CC2)c([N+](=O)[O-])c1. The van der Waals surface area contributed by atoms with Crippen LogP contribution in [0.1, 0.15) is 15.9 Å². The number of anilines is 1. The van der Waals surface area contributed by atoms with Gasteiger partial charge < -0.3 is 10.6 Å². The number of hydrogen-bond acceptors (Lipinski definition) is 5. The predicted molar refractivity (Wildman–Crippen MR) is 95.5 cm³/mol. The van der Waals surface area contributed by atoms with Crippen LogP contribution in [-0.4, -0.2) is 41.9 Å². The Morgan fingerprint density at radius 3 is 2.36 bits per heavy atom. The third-order valence-electron chi connectivity index (χ3n) is 4.42. The lowest BCUT2D eigenvalue weighted by Crippen LogP contribution is -2.46. The monoisotopic (exact) mass is 340 g/mol. The summed E-state index contributed by atoms with van der Waals surface area (Å²) >= 11 is 0. The molecule has 1 fully saturated rings. The summed E-state index contributed by atoms with van der Waals surface area (Å²) in [5.74, 6) is -0.665. The van der Waals surface area contributed by atoms with Crippen molar-refractivity contribution in [3.8, 4) is 0 Å². The van der Waals surface area contributed by atoms with E-state index in [2.05, 4.69) is 17.0 Å². The van der Waals surface area contributed by atoms with Crippen LogP contribution in [0.5, 0.6) is 0 Å². The number of primary amides is 1. The Bertz CT molecular complexity index is 771. The van der Waals surface area contributed by atoms with Gasteiger partial charge in [-0.25, -0.2) is 0 Å². The number of amides is 1. The molecule has 0 aromatic heterocycles. The van der Waals surface area contributed by atoms with Crippen LogP contribution in [0.4, 0.5) is 11.4 Å². The highest BCUT2D eigenvalue weighted by Gasteiger charge is 2.24. The molecule has 1 amide bonds. The Morgan fingerprint density at radius 2 is 1.76 bits per heavy atom. The topological polar surface area (TPSA) is 92.7 Å². The van der Waals surface area contributed by atoms with Gasteiger partial charge in [-0.05, 0) is 17.7 Å². The number of carbonyl (C=O) groups excluding carboxylic acids is 1. The third kappa shape index (κ3) is 3.95. The lowest BCUT2D eigenvalue weighted by atomic mass is 10.1. The molecule has 7 heteroatoms. The average Bonchev–Trinajstić information content (AvgIpc) is 2.62. The molecule has 0 aliphatic carbocycles. The Kier molecular flexibility index (Phi) is 4.95. The van der Waals surface area contributed by atoms with Gasteiger partial charge in [0.15, 0.2) is 0 Å². The molecule has 0 radical (unpaired) electrons. The quantitative estimate of drug-likeness (QED) is 0.664. The zero-order valence-corrected chi connectivity index (χ0v) is 13.8. The molecule has 0 saturated carbocycles. The summed E-state index contributed by atoms with van der Waals surface area (Å²) in [4.78, 5) is 26.5. The fourth-order valence-corrected chi connectivity index (χ4v) is 3.08. The molecular formula is C18H20N4O3. The average molecular weight is 340 g/mol. The maximum absolute atomic E-state index is 11.4. The van der Waals surface area contributed by atoms with Crippen molar-refractivity contribution >= 4 is 17.3 Å². The van der Waals surface area contributed by atoms with Crippen LogP contribution in [-0.2, 0) is 6.54 Å². The number of rotatable bonds is 5. The fraction of sp³-hybridized carbons (Fsp3) is 0.278. The van der Waals surface area contributed by atoms with E-state index in [0.29, 0.717) is 18.8 Å². The Morgan fingerprint density at radius 1 is 1.08 bits per heavy atom. The van der Waals surface area contributed by atoms with Crippen LogP contribution in [0.2, 0.25) is 0 Å². The number of nitro groups is 1. The van der Waals surface area contributed by atoms with Gasteiger partial charge in [0.2, 0.25) is 5.91 Å². The first-order valence-corrected chi connectivity index (χ1v) is 8.14. The van der Waals surface area contributed by atoms with E-state index in [0.717, 1.165) is 19.6 Å². The maximum Gasteiger partial charge on any atom is 0.293 e. The highest BCUT2D eigenvalue weighted by atomic mass is 16.6. The van der Waals surface area contributed by atoms with Crippen molar-refractivity contribution in [2.45, 2.75) is 6.54 Å². The third-order valence-corrected chi connectivity index (χ3v) is 4.42. The number of carbonyl (C=O) groups is 1. The Balaban J connectivity index is 1.70. The first kappa shape index (κ1) is 16.9. The van der Waals surface area contributed by atoms with Crippen LogP contribution in [0.25, 0.3) is 0 Å². The van der Waals surface area contributed by atoms with E-state index in [-0.39, 0.29) is 11.3 Å². The van der Waals surface area contributed by atoms with Gasteiger partial charge in [-0.2, -0.15) is 0 Å². The van der Waals surface area contributed by atoms with Gasteiger partial charge in [-0.15, -0.1) is 0 Å². The van der Waals surface area contributed by atoms with E-state index in [1.165, 1.54) is 11.6 Å². The molecule has 3 rings (SSSR count). The van der Waals surface area contributed by atoms with E-state index in [9.17, 15) is 14.9 Å². The highest BCUT2D eigenvalue weighted by molar-refractivity contribution is 5.94. The Hall–Kier alpha value is -2.93. The predicted octanol–water partition coefficient (Wildman–Crippen LogP) is 2.02. The van der Waals surface area contributed by atoms with E-state index in [1.54, 1.807) is 12.1 Å². The number of nitro benzene ring substituents is 1. The van der Waals surface area contributed by atoms with E-state index in [1.807, 2.05) is 23.1 Å². The molecule has 25 heavy (non-hydrogen) atoms. The van der Waals surface area contributed by atoms with Gasteiger partial charge in [-0.3, -0.25) is 19.8 Å². The molecule has 2 aromatic rings. The van der Waals surface area contributed by atoms with Crippen molar-refractivity contribution in [1.82, 2.24) is 4.90 Å². The van der Waals surface area contributed by atoms with Gasteiger partial charge in [0.1, 0.15) is 5.69 Å². The smallest absolute Gasteiger partial charge is 0.293 e. The summed E-state index contributed by atoms with van der Waals surface area (Å²) in [7, 11) is 0. The Labute approximate surface area is 145 Å². The molecule has 0 unspecified atom stereocenters. The van der Waals surface area contributed by atoms with Gasteiger partial charge in [0.05, 0.1) is 4.92 Å². The van der Waals surface area contributed by atoms with Crippen LogP contribution in [0.15, 0.2) is 48.5 Å². The van der Waals surface area contributed by atoms with Crippen LogP contribution >= 0.6 is 0 Å². The summed E-state index contributed by atoms with van der Waals surface area (Å²) in [6.07, 6.45) is 0. The molecule has 7 nitrogen and oxygen atoms in total. The maximum atomic E-state index is 11.4. The molecule has 2 N–H and O–H groups in total. The van der Waals surface area contributed by atoms with E-state index >= 15 is 0 Å². The van der Waals surface area contributed by atoms with Crippen molar-refractivity contribution < 1.29 is 9.72 Å². The number of nitrogens with zero attached hydrogens (tertiary/aromatic N) is 3. The molecule has 1 heterocycles. The molecule has 0 spiro atoms. The lowest BCUT2D eigenvalue weighted by molar-refractivity contribution is -0.384. The summed E-state index contributed by atoms with van der Waals surface area (Å²) in [6, 6.07) is 14.7. The fourth-order valence-electron chi connectivity index (χ4n) is 3.08. The normalized spacial score (nSPS) is 15.1. The second kappa shape index (κ2) is 7.31. The van der Waals surface area contributed by atoms with Gasteiger partial charge in [0, 0.05) is 44.4 Å². The minimum atomic E-state index is -0.665. The van der Waals surface area contributed by atoms with Crippen molar-refractivity contribution in [3.63, 3.8) is 0 Å². The van der Waals surface area contributed by atoms with Crippen molar-refractivity contribution in [2.75, 3.05) is 31.1 Å². The van der Waals surface area contributed by atoms with Crippen LogP contribution in [0.3, 0.4) is 0 Å². The van der Waals surface area contributed by atoms with Gasteiger partial charge in [-0.1, -0.05) is 30.3 Å². The van der Waals surface area contributed by atoms with E-state index in [4.69, 9.17) is 5.73 Å². The molecule has 2 aromatic carbocycles. The molecular weight excluding hydrogens is 320 g/mol. The summed E-state index contributed by atoms with van der Waals surface area (Å²) < 4.78 is 0. The van der Waals surface area contributed by atoms with E-state index < -0.39 is 10.8 Å². The minimum absolute atomic E-state index is 0.0761. The number of piperazine rings is 1. The number of benzene rings is 2. The second-order valence-corrected chi connectivity index (χ2v) is 6.07. The minimum Gasteiger partial charge on any atom is -0.366 e. The van der Waals surface area contributed by atoms with Gasteiger partial charge >= 0.3 is 0 Å². The lowest BCUT2D eigenvalue weighted by Gasteiger charge is -2.35. The first-order valence-electron chi connectivity index (χ1n) is 8.14. The summed E-state index contributed by atoms with van der Waals surface area (Å²) in [5.41, 5.74) is 7.09. The zero-order chi connectivity index (χ0) is 17.8. The summed E-state index contributed by atoms with van der Waals surface area (Å²) in [6.45, 7) is 3.91. The van der Waals surface area contributed by atoms with Crippen LogP contribution in [0, 0.1) is 10.1 Å². The molecule has 0 bridgehead atoms. The highest BCUT2D eigenvalue weighted by Crippen LogP contribution is 2.30. The van der Waals surface area contributed by atoms with Crippen molar-refractivity contribution in [3.05, 3.63) is 69.8 Å². The molecule has 130 valence electrons. The van der Waals surface area contributed by atoms with Crippen molar-refractivity contribution in [1.29, 1.82) is 0 Å². The molecule has 1 saturated heterocycles. The number of hydrogen-bond donors (Lipinski definition) is 1. The molecule has 1 aliphatic rings. The standard InChI is InChI=1S/C18H20N4O3/c19-18(23)15-6-7-16(17(12-15)22(24)25)21-10-8-20(9-11-21)13-14-4-2-1-3-5-14/h1-7,12H,8-11,13H2,(H2,19,23). The molecule has 1 aliphatic heterocycles.